The van der Waals surface area contributed by atoms with Crippen LogP contribution >= 0.6 is 0 Å². The first-order chi connectivity index (χ1) is 7.17. The van der Waals surface area contributed by atoms with Crippen molar-refractivity contribution in [3.63, 3.8) is 0 Å². The molecule has 1 aromatic carbocycles. The SMILES string of the molecule is CC[C@@](NC=O)(C(=O)O)c1ccccc1. The van der Waals surface area contributed by atoms with Crippen LogP contribution in [0.1, 0.15) is 18.9 Å². The second-order valence-corrected chi connectivity index (χ2v) is 3.19. The summed E-state index contributed by atoms with van der Waals surface area (Å²) in [6.07, 6.45) is 0.718. The van der Waals surface area contributed by atoms with E-state index >= 15 is 0 Å². The lowest BCUT2D eigenvalue weighted by Gasteiger charge is -2.27. The van der Waals surface area contributed by atoms with Crippen LogP contribution in [0.2, 0.25) is 0 Å². The number of carbonyl (C=O) groups is 2. The van der Waals surface area contributed by atoms with E-state index in [4.69, 9.17) is 0 Å². The predicted octanol–water partition coefficient (Wildman–Crippen LogP) is 1.12. The summed E-state index contributed by atoms with van der Waals surface area (Å²) in [6, 6.07) is 8.67. The standard InChI is InChI=1S/C11H13NO3/c1-2-11(10(14)15,12-8-13)9-6-4-3-5-7-9/h3-8H,2H2,1H3,(H,12,13)(H,14,15)/t11-/m0/s1. The highest BCUT2D eigenvalue weighted by molar-refractivity contribution is 5.83. The van der Waals surface area contributed by atoms with Gasteiger partial charge in [0.1, 0.15) is 0 Å². The number of amides is 1. The summed E-state index contributed by atoms with van der Waals surface area (Å²) in [7, 11) is 0. The smallest absolute Gasteiger partial charge is 0.334 e. The normalized spacial score (nSPS) is 13.9. The monoisotopic (exact) mass is 207 g/mol. The van der Waals surface area contributed by atoms with Gasteiger partial charge in [-0.2, -0.15) is 0 Å². The van der Waals surface area contributed by atoms with Gasteiger partial charge in [0.2, 0.25) is 6.41 Å². The van der Waals surface area contributed by atoms with Gasteiger partial charge in [-0.3, -0.25) is 4.79 Å². The van der Waals surface area contributed by atoms with E-state index in [0.717, 1.165) is 0 Å². The van der Waals surface area contributed by atoms with E-state index in [1.807, 2.05) is 0 Å². The fourth-order valence-corrected chi connectivity index (χ4v) is 1.55. The Bertz CT molecular complexity index is 350. The van der Waals surface area contributed by atoms with E-state index in [0.29, 0.717) is 18.4 Å². The Kier molecular flexibility index (Phi) is 3.44. The summed E-state index contributed by atoms with van der Waals surface area (Å²) in [5, 5.41) is 11.6. The summed E-state index contributed by atoms with van der Waals surface area (Å²) in [4.78, 5) is 21.7. The summed E-state index contributed by atoms with van der Waals surface area (Å²) in [5.74, 6) is -1.05. The van der Waals surface area contributed by atoms with Gasteiger partial charge in [0, 0.05) is 0 Å². The van der Waals surface area contributed by atoms with Gasteiger partial charge >= 0.3 is 5.97 Å². The third-order valence-electron chi connectivity index (χ3n) is 2.47. The molecule has 4 nitrogen and oxygen atoms in total. The van der Waals surface area contributed by atoms with Crippen LogP contribution in [0.4, 0.5) is 0 Å². The molecular weight excluding hydrogens is 194 g/mol. The lowest BCUT2D eigenvalue weighted by atomic mass is 9.87. The van der Waals surface area contributed by atoms with Crippen molar-refractivity contribution in [3.8, 4) is 0 Å². The second-order valence-electron chi connectivity index (χ2n) is 3.19. The minimum Gasteiger partial charge on any atom is -0.479 e. The Morgan fingerprint density at radius 1 is 1.47 bits per heavy atom. The van der Waals surface area contributed by atoms with Crippen molar-refractivity contribution >= 4 is 12.4 Å². The third kappa shape index (κ3) is 1.98. The zero-order chi connectivity index (χ0) is 11.3. The topological polar surface area (TPSA) is 66.4 Å². The molecule has 1 rings (SSSR count). The Morgan fingerprint density at radius 3 is 2.47 bits per heavy atom. The Hall–Kier alpha value is -1.84. The zero-order valence-corrected chi connectivity index (χ0v) is 8.43. The lowest BCUT2D eigenvalue weighted by molar-refractivity contribution is -0.147. The highest BCUT2D eigenvalue weighted by Crippen LogP contribution is 2.24. The van der Waals surface area contributed by atoms with Crippen molar-refractivity contribution in [3.05, 3.63) is 35.9 Å². The quantitative estimate of drug-likeness (QED) is 0.711. The van der Waals surface area contributed by atoms with Gasteiger partial charge < -0.3 is 10.4 Å². The Balaban J connectivity index is 3.21. The van der Waals surface area contributed by atoms with Gasteiger partial charge in [0.05, 0.1) is 0 Å². The minimum absolute atomic E-state index is 0.297. The van der Waals surface area contributed by atoms with Gasteiger partial charge in [-0.15, -0.1) is 0 Å². The molecule has 4 heteroatoms. The largest absolute Gasteiger partial charge is 0.479 e. The van der Waals surface area contributed by atoms with Crippen LogP contribution in [-0.2, 0) is 15.1 Å². The number of benzene rings is 1. The average molecular weight is 207 g/mol. The number of aliphatic carboxylic acids is 1. The van der Waals surface area contributed by atoms with E-state index in [1.54, 1.807) is 37.3 Å². The summed E-state index contributed by atoms with van der Waals surface area (Å²) in [6.45, 7) is 1.72. The van der Waals surface area contributed by atoms with E-state index in [2.05, 4.69) is 5.32 Å². The first kappa shape index (κ1) is 11.2. The van der Waals surface area contributed by atoms with Crippen molar-refractivity contribution in [2.45, 2.75) is 18.9 Å². The molecule has 0 unspecified atom stereocenters. The fraction of sp³-hybridized carbons (Fsp3) is 0.273. The first-order valence-electron chi connectivity index (χ1n) is 4.67. The number of carbonyl (C=O) groups excluding carboxylic acids is 1. The molecule has 0 spiro atoms. The number of hydrogen-bond donors (Lipinski definition) is 2. The van der Waals surface area contributed by atoms with E-state index in [9.17, 15) is 14.7 Å². The molecule has 0 aliphatic heterocycles. The molecule has 1 atom stereocenters. The molecule has 0 saturated carbocycles. The van der Waals surface area contributed by atoms with Crippen LogP contribution in [0.3, 0.4) is 0 Å². The van der Waals surface area contributed by atoms with Crippen LogP contribution in [0.15, 0.2) is 30.3 Å². The lowest BCUT2D eigenvalue weighted by Crippen LogP contribution is -2.48. The molecule has 1 aromatic rings. The van der Waals surface area contributed by atoms with Crippen molar-refractivity contribution in [2.75, 3.05) is 0 Å². The maximum Gasteiger partial charge on any atom is 0.334 e. The van der Waals surface area contributed by atoms with Gasteiger partial charge in [0.15, 0.2) is 5.54 Å². The molecule has 0 fully saturated rings. The van der Waals surface area contributed by atoms with Crippen molar-refractivity contribution < 1.29 is 14.7 Å². The molecule has 0 heterocycles. The maximum absolute atomic E-state index is 11.2. The van der Waals surface area contributed by atoms with Gasteiger partial charge in [-0.25, -0.2) is 4.79 Å². The summed E-state index contributed by atoms with van der Waals surface area (Å²) >= 11 is 0. The molecule has 0 aromatic heterocycles. The predicted molar refractivity (Wildman–Crippen MR) is 55.2 cm³/mol. The highest BCUT2D eigenvalue weighted by Gasteiger charge is 2.37. The Labute approximate surface area is 87.9 Å². The number of carboxylic acids is 1. The number of hydrogen-bond acceptors (Lipinski definition) is 2. The zero-order valence-electron chi connectivity index (χ0n) is 8.43. The first-order valence-corrected chi connectivity index (χ1v) is 4.67. The molecule has 15 heavy (non-hydrogen) atoms. The number of rotatable bonds is 5. The van der Waals surface area contributed by atoms with Crippen LogP contribution in [-0.4, -0.2) is 17.5 Å². The second kappa shape index (κ2) is 4.59. The average Bonchev–Trinajstić information content (AvgIpc) is 2.26. The molecule has 0 saturated heterocycles. The Morgan fingerprint density at radius 2 is 2.07 bits per heavy atom. The van der Waals surface area contributed by atoms with Crippen LogP contribution < -0.4 is 5.32 Å². The summed E-state index contributed by atoms with van der Waals surface area (Å²) in [5.41, 5.74) is -0.740. The highest BCUT2D eigenvalue weighted by atomic mass is 16.4. The van der Waals surface area contributed by atoms with Crippen LogP contribution in [0.25, 0.3) is 0 Å². The molecule has 0 aliphatic carbocycles. The van der Waals surface area contributed by atoms with Crippen LogP contribution in [0, 0.1) is 0 Å². The molecular formula is C11H13NO3. The molecule has 0 bridgehead atoms. The number of nitrogens with one attached hydrogen (secondary N) is 1. The molecule has 2 N–H and O–H groups in total. The molecule has 80 valence electrons. The maximum atomic E-state index is 11.2. The van der Waals surface area contributed by atoms with Crippen molar-refractivity contribution in [1.29, 1.82) is 0 Å². The minimum atomic E-state index is -1.32. The van der Waals surface area contributed by atoms with Crippen LogP contribution in [0.5, 0.6) is 0 Å². The van der Waals surface area contributed by atoms with E-state index in [-0.39, 0.29) is 0 Å². The third-order valence-corrected chi connectivity index (χ3v) is 2.47. The summed E-state index contributed by atoms with van der Waals surface area (Å²) < 4.78 is 0. The fourth-order valence-electron chi connectivity index (χ4n) is 1.55. The van der Waals surface area contributed by atoms with Gasteiger partial charge in [-0.05, 0) is 12.0 Å². The van der Waals surface area contributed by atoms with E-state index in [1.165, 1.54) is 0 Å². The van der Waals surface area contributed by atoms with Crippen molar-refractivity contribution in [2.24, 2.45) is 0 Å². The molecule has 1 amide bonds. The van der Waals surface area contributed by atoms with Crippen molar-refractivity contribution in [1.82, 2.24) is 5.32 Å². The van der Waals surface area contributed by atoms with Gasteiger partial charge in [-0.1, -0.05) is 37.3 Å². The molecule has 0 aliphatic rings. The van der Waals surface area contributed by atoms with E-state index < -0.39 is 11.5 Å². The van der Waals surface area contributed by atoms with Gasteiger partial charge in [0.25, 0.3) is 0 Å². The molecule has 0 radical (unpaired) electrons. The number of carboxylic acid groups (broad SMARTS) is 1.